The highest BCUT2D eigenvalue weighted by Crippen LogP contribution is 2.38. The number of carbonyl (C=O) groups is 2. The van der Waals surface area contributed by atoms with Gasteiger partial charge >= 0.3 is 6.18 Å². The molecule has 96 valence electrons. The monoisotopic (exact) mass is 251 g/mol. The van der Waals surface area contributed by atoms with Crippen LogP contribution in [0, 0.1) is 11.8 Å². The molecule has 7 heteroatoms. The van der Waals surface area contributed by atoms with Crippen LogP contribution in [0.5, 0.6) is 0 Å². The molecule has 0 aromatic carbocycles. The summed E-state index contributed by atoms with van der Waals surface area (Å²) in [5.74, 6) is -1.85. The molecule has 1 saturated heterocycles. The lowest BCUT2D eigenvalue weighted by molar-refractivity contribution is -0.209. The van der Waals surface area contributed by atoms with Crippen molar-refractivity contribution in [2.45, 2.75) is 31.5 Å². The minimum Gasteiger partial charge on any atom is -0.382 e. The zero-order chi connectivity index (χ0) is 12.8. The Morgan fingerprint density at radius 2 is 1.71 bits per heavy atom. The molecule has 3 unspecified atom stereocenters. The molecule has 2 amide bonds. The number of aliphatic hydroxyl groups excluding tert-OH is 1. The van der Waals surface area contributed by atoms with Crippen molar-refractivity contribution in [3.8, 4) is 0 Å². The van der Waals surface area contributed by atoms with Crippen molar-refractivity contribution in [1.29, 1.82) is 0 Å². The number of hydrogen-bond donors (Lipinski definition) is 1. The largest absolute Gasteiger partial charge is 0.416 e. The van der Waals surface area contributed by atoms with Crippen LogP contribution in [0.25, 0.3) is 0 Å². The maximum atomic E-state index is 12.2. The van der Waals surface area contributed by atoms with E-state index < -0.39 is 30.6 Å². The number of likely N-dealkylation sites (tertiary alicyclic amines) is 1. The van der Waals surface area contributed by atoms with Gasteiger partial charge in [-0.25, -0.2) is 0 Å². The topological polar surface area (TPSA) is 57.6 Å². The third kappa shape index (κ3) is 2.15. The molecule has 1 aliphatic carbocycles. The van der Waals surface area contributed by atoms with Crippen LogP contribution in [-0.4, -0.2) is 40.6 Å². The average molecular weight is 251 g/mol. The predicted molar refractivity (Wildman–Crippen MR) is 49.6 cm³/mol. The van der Waals surface area contributed by atoms with Gasteiger partial charge in [0.25, 0.3) is 0 Å². The van der Waals surface area contributed by atoms with Crippen LogP contribution in [0.4, 0.5) is 13.2 Å². The van der Waals surface area contributed by atoms with Crippen LogP contribution in [0.15, 0.2) is 0 Å². The maximum Gasteiger partial charge on any atom is 0.416 e. The number of alkyl halides is 3. The van der Waals surface area contributed by atoms with Crippen molar-refractivity contribution in [2.24, 2.45) is 11.8 Å². The first-order chi connectivity index (χ1) is 7.80. The first kappa shape index (κ1) is 12.3. The minimum atomic E-state index is -4.81. The summed E-state index contributed by atoms with van der Waals surface area (Å²) in [6, 6.07) is 0. The molecule has 1 aliphatic heterocycles. The lowest BCUT2D eigenvalue weighted by atomic mass is 9.97. The molecule has 1 saturated carbocycles. The maximum absolute atomic E-state index is 12.2. The molecule has 0 aromatic heterocycles. The van der Waals surface area contributed by atoms with E-state index in [2.05, 4.69) is 0 Å². The van der Waals surface area contributed by atoms with Crippen LogP contribution in [-0.2, 0) is 9.59 Å². The first-order valence-corrected chi connectivity index (χ1v) is 5.40. The number of imide groups is 1. The Morgan fingerprint density at radius 1 is 1.24 bits per heavy atom. The van der Waals surface area contributed by atoms with Gasteiger partial charge in [-0.05, 0) is 19.3 Å². The van der Waals surface area contributed by atoms with Crippen LogP contribution in [0.3, 0.4) is 0 Å². The summed E-state index contributed by atoms with van der Waals surface area (Å²) >= 11 is 0. The summed E-state index contributed by atoms with van der Waals surface area (Å²) in [7, 11) is 0. The van der Waals surface area contributed by atoms with E-state index in [9.17, 15) is 22.8 Å². The van der Waals surface area contributed by atoms with Crippen LogP contribution in [0.2, 0.25) is 0 Å². The number of rotatable bonds is 2. The third-order valence-electron chi connectivity index (χ3n) is 3.40. The smallest absolute Gasteiger partial charge is 0.382 e. The van der Waals surface area contributed by atoms with E-state index in [0.717, 1.165) is 0 Å². The number of piperidine rings is 1. The summed E-state index contributed by atoms with van der Waals surface area (Å²) in [4.78, 5) is 23.9. The Labute approximate surface area is 95.4 Å². The molecule has 2 rings (SSSR count). The van der Waals surface area contributed by atoms with Gasteiger partial charge in [0.05, 0.1) is 6.54 Å². The van der Waals surface area contributed by atoms with Gasteiger partial charge in [-0.1, -0.05) is 0 Å². The number of β-amino-alcohol motifs (C(OH)–C–C–N with tert-alkyl or cyclic N) is 1. The standard InChI is InChI=1S/C10H12F3NO3/c11-10(12,13)7(15)4-14-8(16)5-1-2-6(3-5)9(14)17/h5-7,15H,1-4H2. The molecule has 3 atom stereocenters. The average Bonchev–Trinajstić information content (AvgIpc) is 2.66. The molecular weight excluding hydrogens is 239 g/mol. The number of hydrogen-bond acceptors (Lipinski definition) is 3. The normalized spacial score (nSPS) is 30.9. The zero-order valence-corrected chi connectivity index (χ0v) is 8.91. The van der Waals surface area contributed by atoms with Gasteiger partial charge in [-0.2, -0.15) is 13.2 Å². The van der Waals surface area contributed by atoms with E-state index in [1.165, 1.54) is 0 Å². The minimum absolute atomic E-state index is 0.349. The molecule has 0 aromatic rings. The molecule has 4 nitrogen and oxygen atoms in total. The fourth-order valence-electron chi connectivity index (χ4n) is 2.44. The number of aliphatic hydroxyl groups is 1. The molecule has 2 fully saturated rings. The van der Waals surface area contributed by atoms with Crippen molar-refractivity contribution < 1.29 is 27.9 Å². The molecule has 17 heavy (non-hydrogen) atoms. The van der Waals surface area contributed by atoms with Gasteiger partial charge in [0.1, 0.15) is 0 Å². The summed E-state index contributed by atoms with van der Waals surface area (Å²) in [5.41, 5.74) is 0. The Hall–Kier alpha value is -1.11. The lowest BCUT2D eigenvalue weighted by Crippen LogP contribution is -2.51. The molecule has 2 bridgehead atoms. The predicted octanol–water partition coefficient (Wildman–Crippen LogP) is 0.695. The van der Waals surface area contributed by atoms with E-state index >= 15 is 0 Å². The number of fused-ring (bicyclic) bond motifs is 2. The second-order valence-electron chi connectivity index (χ2n) is 4.55. The second-order valence-corrected chi connectivity index (χ2v) is 4.55. The van der Waals surface area contributed by atoms with Crippen molar-refractivity contribution in [3.05, 3.63) is 0 Å². The van der Waals surface area contributed by atoms with Gasteiger partial charge in [-0.15, -0.1) is 0 Å². The van der Waals surface area contributed by atoms with E-state index in [4.69, 9.17) is 5.11 Å². The van der Waals surface area contributed by atoms with Gasteiger partial charge in [-0.3, -0.25) is 14.5 Å². The highest BCUT2D eigenvalue weighted by molar-refractivity contribution is 6.00. The van der Waals surface area contributed by atoms with E-state index in [-0.39, 0.29) is 11.8 Å². The summed E-state index contributed by atoms with van der Waals surface area (Å²) < 4.78 is 36.5. The number of carbonyl (C=O) groups excluding carboxylic acids is 2. The summed E-state index contributed by atoms with van der Waals surface area (Å²) in [5, 5.41) is 8.90. The van der Waals surface area contributed by atoms with Crippen molar-refractivity contribution >= 4 is 11.8 Å². The van der Waals surface area contributed by atoms with Crippen molar-refractivity contribution in [3.63, 3.8) is 0 Å². The molecule has 1 N–H and O–H groups in total. The van der Waals surface area contributed by atoms with Gasteiger partial charge in [0.15, 0.2) is 6.10 Å². The molecular formula is C10H12F3NO3. The molecule has 0 radical (unpaired) electrons. The SMILES string of the molecule is O=C1C2CCC(C2)C(=O)N1CC(O)C(F)(F)F. The van der Waals surface area contributed by atoms with Gasteiger partial charge < -0.3 is 5.11 Å². The van der Waals surface area contributed by atoms with Gasteiger partial charge in [0.2, 0.25) is 11.8 Å². The first-order valence-electron chi connectivity index (χ1n) is 5.40. The Bertz CT molecular complexity index is 333. The third-order valence-corrected chi connectivity index (χ3v) is 3.40. The van der Waals surface area contributed by atoms with Gasteiger partial charge in [0, 0.05) is 11.8 Å². The van der Waals surface area contributed by atoms with E-state index in [0.29, 0.717) is 24.2 Å². The number of nitrogens with zero attached hydrogens (tertiary/aromatic N) is 1. The van der Waals surface area contributed by atoms with Crippen LogP contribution in [0.1, 0.15) is 19.3 Å². The van der Waals surface area contributed by atoms with Crippen molar-refractivity contribution in [1.82, 2.24) is 4.90 Å². The van der Waals surface area contributed by atoms with E-state index in [1.807, 2.05) is 0 Å². The summed E-state index contributed by atoms with van der Waals surface area (Å²) in [6.45, 7) is -0.978. The second kappa shape index (κ2) is 3.97. The fourth-order valence-corrected chi connectivity index (χ4v) is 2.44. The van der Waals surface area contributed by atoms with E-state index in [1.54, 1.807) is 0 Å². The highest BCUT2D eigenvalue weighted by atomic mass is 19.4. The zero-order valence-electron chi connectivity index (χ0n) is 8.91. The Balaban J connectivity index is 2.10. The molecule has 0 spiro atoms. The van der Waals surface area contributed by atoms with Crippen LogP contribution >= 0.6 is 0 Å². The van der Waals surface area contributed by atoms with Crippen molar-refractivity contribution in [2.75, 3.05) is 6.54 Å². The lowest BCUT2D eigenvalue weighted by Gasteiger charge is -2.31. The Kier molecular flexibility index (Phi) is 2.89. The Morgan fingerprint density at radius 3 is 2.12 bits per heavy atom. The molecule has 2 aliphatic rings. The fraction of sp³-hybridized carbons (Fsp3) is 0.800. The number of amides is 2. The quantitative estimate of drug-likeness (QED) is 0.735. The number of halogens is 3. The summed E-state index contributed by atoms with van der Waals surface area (Å²) in [6.07, 6.45) is -5.93. The highest BCUT2D eigenvalue weighted by Gasteiger charge is 2.48. The molecule has 1 heterocycles. The van der Waals surface area contributed by atoms with Crippen LogP contribution < -0.4 is 0 Å².